The zero-order chi connectivity index (χ0) is 31.2. The minimum atomic E-state index is -0.974. The first-order chi connectivity index (χ1) is 21.2. The first kappa shape index (κ1) is 31.2. The number of thioether (sulfide) groups is 1. The first-order valence-corrected chi connectivity index (χ1v) is 16.0. The van der Waals surface area contributed by atoms with Gasteiger partial charge in [0.05, 0.1) is 24.8 Å². The summed E-state index contributed by atoms with van der Waals surface area (Å²) >= 11 is 2.55. The van der Waals surface area contributed by atoms with E-state index in [1.165, 1.54) is 28.8 Å². The smallest absolute Gasteiger partial charge is 0.301 e. The number of Topliss-reactive ketones (excluding diaryl/α,β-unsaturated/α-hetero) is 1. The summed E-state index contributed by atoms with van der Waals surface area (Å²) in [5.74, 6) is -0.0817. The fourth-order valence-electron chi connectivity index (χ4n) is 4.65. The molecule has 0 radical (unpaired) electrons. The maximum Gasteiger partial charge on any atom is 0.301 e. The van der Waals surface area contributed by atoms with E-state index in [1.807, 2.05) is 13.0 Å². The molecule has 1 N–H and O–H groups in total. The Kier molecular flexibility index (Phi) is 9.96. The minimum absolute atomic E-state index is 0.0609. The van der Waals surface area contributed by atoms with Crippen LogP contribution < -0.4 is 14.4 Å². The molecule has 228 valence electrons. The lowest BCUT2D eigenvalue weighted by Crippen LogP contribution is -2.29. The SMILES string of the molecule is CCOc1ccc(C(O)=C2C(=O)C(=O)N(c3nnc(SCc4ccc(F)cc4)s3)C2c2cccc(OCCC(C)C)c2)cc1. The molecule has 2 heterocycles. The monoisotopic (exact) mass is 633 g/mol. The number of hydrogen-bond donors (Lipinski definition) is 1. The molecule has 1 saturated heterocycles. The highest BCUT2D eigenvalue weighted by Crippen LogP contribution is 2.44. The minimum Gasteiger partial charge on any atom is -0.507 e. The Morgan fingerprint density at radius 2 is 1.77 bits per heavy atom. The van der Waals surface area contributed by atoms with Crippen LogP contribution in [0.25, 0.3) is 5.76 Å². The Morgan fingerprint density at radius 1 is 1.02 bits per heavy atom. The van der Waals surface area contributed by atoms with E-state index >= 15 is 0 Å². The lowest BCUT2D eigenvalue weighted by Gasteiger charge is -2.23. The van der Waals surface area contributed by atoms with Gasteiger partial charge in [-0.05, 0) is 78.9 Å². The Bertz CT molecular complexity index is 1650. The summed E-state index contributed by atoms with van der Waals surface area (Å²) in [6.45, 7) is 7.09. The van der Waals surface area contributed by atoms with E-state index in [2.05, 4.69) is 24.0 Å². The topological polar surface area (TPSA) is 102 Å². The normalized spacial score (nSPS) is 16.1. The predicted octanol–water partition coefficient (Wildman–Crippen LogP) is 7.42. The number of anilines is 1. The van der Waals surface area contributed by atoms with Crippen molar-refractivity contribution in [1.82, 2.24) is 10.2 Å². The molecule has 0 bridgehead atoms. The van der Waals surface area contributed by atoms with Gasteiger partial charge in [-0.2, -0.15) is 0 Å². The van der Waals surface area contributed by atoms with Crippen LogP contribution in [0.4, 0.5) is 9.52 Å². The molecule has 44 heavy (non-hydrogen) atoms. The van der Waals surface area contributed by atoms with Crippen LogP contribution in [0.3, 0.4) is 0 Å². The number of halogens is 1. The molecule has 1 atom stereocenters. The predicted molar refractivity (Wildman–Crippen MR) is 170 cm³/mol. The standard InChI is InChI=1S/C33H32FN3O5S2/c1-4-41-25-14-10-22(11-15-25)29(38)27-28(23-6-5-7-26(18-23)42-17-16-20(2)3)37(31(40)30(27)39)32-35-36-33(44-32)43-19-21-8-12-24(34)13-9-21/h5-15,18,20,28,38H,4,16-17,19H2,1-3H3. The molecule has 1 fully saturated rings. The van der Waals surface area contributed by atoms with Gasteiger partial charge in [0.15, 0.2) is 4.34 Å². The van der Waals surface area contributed by atoms with Gasteiger partial charge in [0, 0.05) is 11.3 Å². The van der Waals surface area contributed by atoms with E-state index < -0.39 is 17.7 Å². The second kappa shape index (κ2) is 14.0. The molecule has 8 nitrogen and oxygen atoms in total. The largest absolute Gasteiger partial charge is 0.507 e. The number of nitrogens with zero attached hydrogens (tertiary/aromatic N) is 3. The van der Waals surface area contributed by atoms with Gasteiger partial charge in [-0.15, -0.1) is 10.2 Å². The number of carbonyl (C=O) groups excluding carboxylic acids is 2. The number of ether oxygens (including phenoxy) is 2. The molecule has 1 amide bonds. The summed E-state index contributed by atoms with van der Waals surface area (Å²) in [5, 5.41) is 20.2. The van der Waals surface area contributed by atoms with Crippen LogP contribution in [-0.4, -0.2) is 40.2 Å². The summed E-state index contributed by atoms with van der Waals surface area (Å²) in [5.41, 5.74) is 1.79. The number of carbonyl (C=O) groups is 2. The van der Waals surface area contributed by atoms with Crippen molar-refractivity contribution in [2.24, 2.45) is 5.92 Å². The molecule has 5 rings (SSSR count). The van der Waals surface area contributed by atoms with E-state index in [9.17, 15) is 19.1 Å². The van der Waals surface area contributed by atoms with Gasteiger partial charge >= 0.3 is 5.91 Å². The van der Waals surface area contributed by atoms with Gasteiger partial charge < -0.3 is 14.6 Å². The fraction of sp³-hybridized carbons (Fsp3) is 0.273. The number of aliphatic hydroxyl groups is 1. The molecule has 0 saturated carbocycles. The van der Waals surface area contributed by atoms with E-state index in [0.29, 0.717) is 51.9 Å². The number of aliphatic hydroxyl groups excluding tert-OH is 1. The number of ketones is 1. The number of amides is 1. The van der Waals surface area contributed by atoms with Crippen LogP contribution in [0.15, 0.2) is 82.7 Å². The molecule has 0 spiro atoms. The second-order valence-corrected chi connectivity index (χ2v) is 12.7. The number of aromatic nitrogens is 2. The zero-order valence-electron chi connectivity index (χ0n) is 24.5. The third-order valence-corrected chi connectivity index (χ3v) is 9.03. The molecule has 4 aromatic rings. The highest BCUT2D eigenvalue weighted by Gasteiger charge is 2.48. The van der Waals surface area contributed by atoms with Crippen LogP contribution in [0.5, 0.6) is 11.5 Å². The Morgan fingerprint density at radius 3 is 2.48 bits per heavy atom. The summed E-state index contributed by atoms with van der Waals surface area (Å²) in [6.07, 6.45) is 0.865. The van der Waals surface area contributed by atoms with Crippen LogP contribution in [-0.2, 0) is 15.3 Å². The van der Waals surface area contributed by atoms with Gasteiger partial charge in [-0.25, -0.2) is 4.39 Å². The summed E-state index contributed by atoms with van der Waals surface area (Å²) in [6, 6.07) is 19.1. The van der Waals surface area contributed by atoms with Gasteiger partial charge in [0.2, 0.25) is 5.13 Å². The molecule has 1 unspecified atom stereocenters. The number of rotatable bonds is 12. The number of benzene rings is 3. The average Bonchev–Trinajstić information content (AvgIpc) is 3.59. The van der Waals surface area contributed by atoms with Crippen LogP contribution >= 0.6 is 23.1 Å². The van der Waals surface area contributed by atoms with Gasteiger partial charge in [-0.3, -0.25) is 14.5 Å². The second-order valence-electron chi connectivity index (χ2n) is 10.5. The average molecular weight is 634 g/mol. The Hall–Kier alpha value is -4.22. The first-order valence-electron chi connectivity index (χ1n) is 14.2. The fourth-order valence-corrected chi connectivity index (χ4v) is 6.47. The maximum atomic E-state index is 13.6. The van der Waals surface area contributed by atoms with Crippen LogP contribution in [0, 0.1) is 11.7 Å². The molecule has 0 aliphatic carbocycles. The maximum absolute atomic E-state index is 13.6. The highest BCUT2D eigenvalue weighted by molar-refractivity contribution is 8.00. The molecule has 11 heteroatoms. The van der Waals surface area contributed by atoms with Gasteiger partial charge in [0.25, 0.3) is 5.78 Å². The molecule has 1 aliphatic heterocycles. The molecule has 3 aromatic carbocycles. The summed E-state index contributed by atoms with van der Waals surface area (Å²) in [4.78, 5) is 28.5. The number of hydrogen-bond acceptors (Lipinski definition) is 9. The van der Waals surface area contributed by atoms with Crippen molar-refractivity contribution in [2.75, 3.05) is 18.1 Å². The van der Waals surface area contributed by atoms with Crippen molar-refractivity contribution in [2.45, 2.75) is 43.3 Å². The summed E-state index contributed by atoms with van der Waals surface area (Å²) in [7, 11) is 0. The van der Waals surface area contributed by atoms with Gasteiger partial charge in [0.1, 0.15) is 23.1 Å². The molecule has 1 aliphatic rings. The van der Waals surface area contributed by atoms with Crippen molar-refractivity contribution in [1.29, 1.82) is 0 Å². The Labute approximate surface area is 263 Å². The Balaban J connectivity index is 1.51. The van der Waals surface area contributed by atoms with Crippen LogP contribution in [0.2, 0.25) is 0 Å². The van der Waals surface area contributed by atoms with E-state index in [1.54, 1.807) is 54.6 Å². The third-order valence-electron chi connectivity index (χ3n) is 6.90. The molecular formula is C33H32FN3O5S2. The van der Waals surface area contributed by atoms with Gasteiger partial charge in [-0.1, -0.05) is 61.2 Å². The quantitative estimate of drug-likeness (QED) is 0.0566. The highest BCUT2D eigenvalue weighted by atomic mass is 32.2. The van der Waals surface area contributed by atoms with Crippen molar-refractivity contribution >= 4 is 45.7 Å². The van der Waals surface area contributed by atoms with Crippen LogP contribution in [0.1, 0.15) is 49.9 Å². The van der Waals surface area contributed by atoms with Crippen molar-refractivity contribution in [3.63, 3.8) is 0 Å². The molecular weight excluding hydrogens is 602 g/mol. The lowest BCUT2D eigenvalue weighted by molar-refractivity contribution is -0.132. The zero-order valence-corrected chi connectivity index (χ0v) is 26.2. The van der Waals surface area contributed by atoms with Crippen molar-refractivity contribution < 1.29 is 28.6 Å². The third kappa shape index (κ3) is 7.11. The van der Waals surface area contributed by atoms with Crippen molar-refractivity contribution in [3.05, 3.63) is 101 Å². The summed E-state index contributed by atoms with van der Waals surface area (Å²) < 4.78 is 25.4. The lowest BCUT2D eigenvalue weighted by atomic mass is 9.95. The van der Waals surface area contributed by atoms with E-state index in [4.69, 9.17) is 9.47 Å². The van der Waals surface area contributed by atoms with E-state index in [0.717, 1.165) is 23.3 Å². The van der Waals surface area contributed by atoms with Crippen molar-refractivity contribution in [3.8, 4) is 11.5 Å². The van der Waals surface area contributed by atoms with E-state index in [-0.39, 0.29) is 22.3 Å². The molecule has 1 aromatic heterocycles.